The largest absolute Gasteiger partial charge is 0.416 e. The summed E-state index contributed by atoms with van der Waals surface area (Å²) in [5.74, 6) is 0. The van der Waals surface area contributed by atoms with Gasteiger partial charge >= 0.3 is 6.18 Å². The van der Waals surface area contributed by atoms with Gasteiger partial charge in [0.25, 0.3) is 0 Å². The number of hydrogen-bond acceptors (Lipinski definition) is 1. The molecule has 1 aromatic carbocycles. The van der Waals surface area contributed by atoms with Gasteiger partial charge in [-0.15, -0.1) is 0 Å². The van der Waals surface area contributed by atoms with Crippen LogP contribution in [0, 0.1) is 0 Å². The minimum atomic E-state index is -4.29. The first-order chi connectivity index (χ1) is 7.55. The van der Waals surface area contributed by atoms with Crippen LogP contribution in [0.1, 0.15) is 5.56 Å². The van der Waals surface area contributed by atoms with Crippen LogP contribution in [0.15, 0.2) is 48.6 Å². The number of alkyl halides is 3. The number of allylic oxidation sites excluding steroid dienone is 2. The van der Waals surface area contributed by atoms with Crippen LogP contribution >= 0.6 is 0 Å². The highest BCUT2D eigenvalue weighted by Crippen LogP contribution is 2.30. The third kappa shape index (κ3) is 2.45. The van der Waals surface area contributed by atoms with Crippen molar-refractivity contribution in [3.8, 4) is 0 Å². The first kappa shape index (κ1) is 10.8. The minimum Gasteiger partial charge on any atom is -0.375 e. The average molecular weight is 225 g/mol. The molecular formula is C12H10F3N. The van der Waals surface area contributed by atoms with Gasteiger partial charge in [0.2, 0.25) is 0 Å². The maximum atomic E-state index is 12.4. The van der Waals surface area contributed by atoms with Crippen molar-refractivity contribution < 1.29 is 13.2 Å². The maximum absolute atomic E-state index is 12.4. The first-order valence-corrected chi connectivity index (χ1v) is 4.84. The predicted molar refractivity (Wildman–Crippen MR) is 57.1 cm³/mol. The molecule has 1 nitrogen and oxygen atoms in total. The second-order valence-corrected chi connectivity index (χ2v) is 3.52. The molecule has 84 valence electrons. The lowest BCUT2D eigenvalue weighted by molar-refractivity contribution is -0.137. The summed E-state index contributed by atoms with van der Waals surface area (Å²) in [6.45, 7) is 0. The summed E-state index contributed by atoms with van der Waals surface area (Å²) in [6, 6.07) is 5.16. The molecule has 0 aliphatic heterocycles. The fourth-order valence-electron chi connectivity index (χ4n) is 1.51. The maximum Gasteiger partial charge on any atom is 0.416 e. The fraction of sp³-hybridized carbons (Fsp3) is 0.167. The predicted octanol–water partition coefficient (Wildman–Crippen LogP) is 3.61. The van der Waals surface area contributed by atoms with Crippen molar-refractivity contribution in [1.29, 1.82) is 0 Å². The Morgan fingerprint density at radius 2 is 1.75 bits per heavy atom. The summed E-state index contributed by atoms with van der Waals surface area (Å²) in [7, 11) is 0. The molecule has 1 aromatic rings. The Morgan fingerprint density at radius 3 is 2.38 bits per heavy atom. The van der Waals surface area contributed by atoms with Gasteiger partial charge in [-0.3, -0.25) is 0 Å². The first-order valence-electron chi connectivity index (χ1n) is 4.84. The molecule has 0 saturated heterocycles. The van der Waals surface area contributed by atoms with Crippen LogP contribution in [0.25, 0.3) is 0 Å². The van der Waals surface area contributed by atoms with Crippen molar-refractivity contribution in [2.24, 2.45) is 0 Å². The molecule has 0 amide bonds. The molecule has 1 aliphatic rings. The van der Waals surface area contributed by atoms with E-state index in [0.29, 0.717) is 5.69 Å². The molecular weight excluding hydrogens is 215 g/mol. The number of halogens is 3. The summed E-state index contributed by atoms with van der Waals surface area (Å²) < 4.78 is 37.3. The van der Waals surface area contributed by atoms with Crippen LogP contribution in [-0.2, 0) is 6.18 Å². The molecule has 1 N–H and O–H groups in total. The molecule has 4 heteroatoms. The highest BCUT2D eigenvalue weighted by Gasteiger charge is 2.30. The smallest absolute Gasteiger partial charge is 0.375 e. The van der Waals surface area contributed by atoms with Crippen molar-refractivity contribution in [3.63, 3.8) is 0 Å². The zero-order chi connectivity index (χ0) is 11.6. The molecule has 0 saturated carbocycles. The van der Waals surface area contributed by atoms with Crippen LogP contribution < -0.4 is 5.32 Å². The molecule has 0 bridgehead atoms. The van der Waals surface area contributed by atoms with Gasteiger partial charge in [-0.25, -0.2) is 0 Å². The van der Waals surface area contributed by atoms with E-state index in [1.807, 2.05) is 24.3 Å². The van der Waals surface area contributed by atoms with Gasteiger partial charge < -0.3 is 5.32 Å². The topological polar surface area (TPSA) is 12.0 Å². The van der Waals surface area contributed by atoms with Gasteiger partial charge in [-0.1, -0.05) is 30.4 Å². The molecule has 0 fully saturated rings. The molecule has 0 heterocycles. The molecule has 0 spiro atoms. The van der Waals surface area contributed by atoms with Crippen molar-refractivity contribution in [3.05, 3.63) is 54.1 Å². The monoisotopic (exact) mass is 225 g/mol. The average Bonchev–Trinajstić information content (AvgIpc) is 2.70. The van der Waals surface area contributed by atoms with E-state index in [1.54, 1.807) is 6.07 Å². The van der Waals surface area contributed by atoms with E-state index in [0.717, 1.165) is 12.1 Å². The highest BCUT2D eigenvalue weighted by atomic mass is 19.4. The lowest BCUT2D eigenvalue weighted by Gasteiger charge is -2.13. The second kappa shape index (κ2) is 4.04. The Balaban J connectivity index is 2.16. The molecule has 0 atom stereocenters. The Labute approximate surface area is 91.3 Å². The van der Waals surface area contributed by atoms with E-state index in [1.165, 1.54) is 6.07 Å². The van der Waals surface area contributed by atoms with Gasteiger partial charge in [0.05, 0.1) is 11.6 Å². The normalized spacial score (nSPS) is 15.7. The Hall–Kier alpha value is -1.71. The van der Waals surface area contributed by atoms with E-state index in [4.69, 9.17) is 0 Å². The highest BCUT2D eigenvalue weighted by molar-refractivity contribution is 5.50. The van der Waals surface area contributed by atoms with Gasteiger partial charge in [-0.05, 0) is 18.2 Å². The van der Waals surface area contributed by atoms with Crippen LogP contribution in [-0.4, -0.2) is 6.04 Å². The number of nitrogens with one attached hydrogen (secondary N) is 1. The van der Waals surface area contributed by atoms with E-state index in [9.17, 15) is 13.2 Å². The minimum absolute atomic E-state index is 0.0246. The van der Waals surface area contributed by atoms with Crippen molar-refractivity contribution in [2.45, 2.75) is 12.2 Å². The van der Waals surface area contributed by atoms with E-state index >= 15 is 0 Å². The van der Waals surface area contributed by atoms with Crippen LogP contribution in [0.5, 0.6) is 0 Å². The third-order valence-corrected chi connectivity index (χ3v) is 2.27. The van der Waals surface area contributed by atoms with Crippen LogP contribution in [0.4, 0.5) is 18.9 Å². The number of rotatable bonds is 2. The van der Waals surface area contributed by atoms with Crippen molar-refractivity contribution in [2.75, 3.05) is 5.32 Å². The number of benzene rings is 1. The fourth-order valence-corrected chi connectivity index (χ4v) is 1.51. The van der Waals surface area contributed by atoms with Crippen LogP contribution in [0.3, 0.4) is 0 Å². The molecule has 2 rings (SSSR count). The summed E-state index contributed by atoms with van der Waals surface area (Å²) >= 11 is 0. The lowest BCUT2D eigenvalue weighted by Crippen LogP contribution is -2.13. The van der Waals surface area contributed by atoms with Crippen LogP contribution in [0.2, 0.25) is 0 Å². The quantitative estimate of drug-likeness (QED) is 0.810. The number of hydrogen-bond donors (Lipinski definition) is 1. The van der Waals surface area contributed by atoms with E-state index < -0.39 is 11.7 Å². The summed E-state index contributed by atoms with van der Waals surface area (Å²) in [5.41, 5.74) is -0.167. The standard InChI is InChI=1S/C12H10F3N/c13-12(14,15)9-4-3-7-11(8-9)16-10-5-1-2-6-10/h1-8,10,16H. The molecule has 0 unspecified atom stereocenters. The zero-order valence-electron chi connectivity index (χ0n) is 8.33. The van der Waals surface area contributed by atoms with Gasteiger partial charge in [-0.2, -0.15) is 13.2 Å². The Morgan fingerprint density at radius 1 is 1.06 bits per heavy atom. The SMILES string of the molecule is FC(F)(F)c1cccc(NC2C=CC=C2)c1. The molecule has 0 radical (unpaired) electrons. The van der Waals surface area contributed by atoms with Gasteiger partial charge in [0, 0.05) is 5.69 Å². The van der Waals surface area contributed by atoms with E-state index in [-0.39, 0.29) is 6.04 Å². The molecule has 1 aliphatic carbocycles. The second-order valence-electron chi connectivity index (χ2n) is 3.52. The zero-order valence-corrected chi connectivity index (χ0v) is 8.33. The Bertz CT molecular complexity index is 420. The van der Waals surface area contributed by atoms with Gasteiger partial charge in [0.15, 0.2) is 0 Å². The summed E-state index contributed by atoms with van der Waals surface area (Å²) in [4.78, 5) is 0. The molecule has 16 heavy (non-hydrogen) atoms. The number of anilines is 1. The summed E-state index contributed by atoms with van der Waals surface area (Å²) in [5, 5.41) is 2.98. The lowest BCUT2D eigenvalue weighted by atomic mass is 10.2. The van der Waals surface area contributed by atoms with Crippen molar-refractivity contribution in [1.82, 2.24) is 0 Å². The molecule has 0 aromatic heterocycles. The van der Waals surface area contributed by atoms with Crippen molar-refractivity contribution >= 4 is 5.69 Å². The van der Waals surface area contributed by atoms with E-state index in [2.05, 4.69) is 5.32 Å². The third-order valence-electron chi connectivity index (χ3n) is 2.27. The summed E-state index contributed by atoms with van der Waals surface area (Å²) in [6.07, 6.45) is 3.16. The Kier molecular flexibility index (Phi) is 2.73. The van der Waals surface area contributed by atoms with Gasteiger partial charge in [0.1, 0.15) is 0 Å².